The first-order chi connectivity index (χ1) is 13.1. The number of nitrogen functional groups attached to an aromatic ring is 1. The van der Waals surface area contributed by atoms with Gasteiger partial charge in [0.15, 0.2) is 11.5 Å². The van der Waals surface area contributed by atoms with E-state index in [1.807, 2.05) is 0 Å². The molecule has 0 spiro atoms. The van der Waals surface area contributed by atoms with Gasteiger partial charge in [-0.2, -0.15) is 26.9 Å². The summed E-state index contributed by atoms with van der Waals surface area (Å²) in [5.74, 6) is -0.166. The van der Waals surface area contributed by atoms with E-state index in [1.54, 1.807) is 12.1 Å². The number of alkyl halides is 5. The highest BCUT2D eigenvalue weighted by Crippen LogP contribution is 2.33. The van der Waals surface area contributed by atoms with Crippen LogP contribution in [0.15, 0.2) is 36.7 Å². The van der Waals surface area contributed by atoms with Gasteiger partial charge in [-0.05, 0) is 17.2 Å². The van der Waals surface area contributed by atoms with Gasteiger partial charge in [0.2, 0.25) is 5.28 Å². The smallest absolute Gasteiger partial charge is 0.394 e. The number of imidazole rings is 1. The maximum Gasteiger partial charge on any atom is 0.434 e. The second-order valence-corrected chi connectivity index (χ2v) is 5.96. The molecule has 0 aliphatic rings. The van der Waals surface area contributed by atoms with Crippen molar-refractivity contribution in [1.29, 1.82) is 0 Å². The van der Waals surface area contributed by atoms with Gasteiger partial charge >= 0.3 is 12.7 Å². The zero-order valence-electron chi connectivity index (χ0n) is 13.9. The van der Waals surface area contributed by atoms with Crippen molar-refractivity contribution in [1.82, 2.24) is 19.5 Å². The summed E-state index contributed by atoms with van der Waals surface area (Å²) in [4.78, 5) is 11.0. The number of benzene rings is 1. The molecule has 28 heavy (non-hydrogen) atoms. The van der Waals surface area contributed by atoms with E-state index in [4.69, 9.17) is 17.3 Å². The third kappa shape index (κ3) is 4.30. The molecule has 148 valence electrons. The molecule has 0 unspecified atom stereocenters. The number of nitrogens with zero attached hydrogens (tertiary/aromatic N) is 4. The van der Waals surface area contributed by atoms with E-state index >= 15 is 0 Å². The van der Waals surface area contributed by atoms with Crippen LogP contribution in [0, 0.1) is 0 Å². The van der Waals surface area contributed by atoms with Gasteiger partial charge in [-0.25, -0.2) is 9.97 Å². The van der Waals surface area contributed by atoms with Crippen LogP contribution in [0.4, 0.5) is 33.5 Å². The highest BCUT2D eigenvalue weighted by Gasteiger charge is 2.36. The molecule has 0 aliphatic carbocycles. The highest BCUT2D eigenvalue weighted by molar-refractivity contribution is 6.28. The molecule has 0 radical (unpaired) electrons. The Morgan fingerprint density at radius 1 is 1.14 bits per heavy atom. The Morgan fingerprint density at radius 2 is 1.82 bits per heavy atom. The first kappa shape index (κ1) is 19.8. The molecule has 3 aromatic rings. The summed E-state index contributed by atoms with van der Waals surface area (Å²) in [5.41, 5.74) is 5.42. The molecule has 0 atom stereocenters. The van der Waals surface area contributed by atoms with Crippen molar-refractivity contribution in [3.8, 4) is 11.4 Å². The average Bonchev–Trinajstić information content (AvgIpc) is 3.09. The quantitative estimate of drug-likeness (QED) is 0.467. The molecule has 3 rings (SSSR count). The van der Waals surface area contributed by atoms with E-state index in [0.29, 0.717) is 11.4 Å². The van der Waals surface area contributed by atoms with Crippen LogP contribution < -0.4 is 11.1 Å². The van der Waals surface area contributed by atoms with Crippen molar-refractivity contribution < 1.29 is 22.0 Å². The zero-order chi connectivity index (χ0) is 20.5. The maximum absolute atomic E-state index is 13.1. The van der Waals surface area contributed by atoms with Gasteiger partial charge in [-0.1, -0.05) is 24.3 Å². The van der Waals surface area contributed by atoms with Crippen LogP contribution in [0.3, 0.4) is 0 Å². The summed E-state index contributed by atoms with van der Waals surface area (Å²) in [7, 11) is 0. The summed E-state index contributed by atoms with van der Waals surface area (Å²) in [6, 6.07) is 5.90. The Balaban J connectivity index is 1.81. The number of hydrogen-bond acceptors (Lipinski definition) is 5. The van der Waals surface area contributed by atoms with Crippen LogP contribution in [0.2, 0.25) is 5.28 Å². The van der Waals surface area contributed by atoms with Gasteiger partial charge in [-0.15, -0.1) is 0 Å². The van der Waals surface area contributed by atoms with Gasteiger partial charge in [0.05, 0.1) is 11.9 Å². The van der Waals surface area contributed by atoms with E-state index in [9.17, 15) is 22.0 Å². The predicted octanol–water partition coefficient (Wildman–Crippen LogP) is 4.60. The number of hydrogen-bond donors (Lipinski definition) is 2. The lowest BCUT2D eigenvalue weighted by Crippen LogP contribution is -2.05. The average molecular weight is 419 g/mol. The van der Waals surface area contributed by atoms with Crippen LogP contribution in [0.25, 0.3) is 11.4 Å². The normalized spacial score (nSPS) is 11.8. The number of nitrogens with two attached hydrogens (primary N) is 1. The Morgan fingerprint density at radius 3 is 2.43 bits per heavy atom. The molecule has 0 saturated carbocycles. The van der Waals surface area contributed by atoms with Crippen molar-refractivity contribution in [2.45, 2.75) is 19.3 Å². The maximum atomic E-state index is 13.1. The molecule has 0 bridgehead atoms. The predicted molar refractivity (Wildman–Crippen MR) is 92.7 cm³/mol. The third-order valence-corrected chi connectivity index (χ3v) is 3.87. The van der Waals surface area contributed by atoms with Gasteiger partial charge in [-0.3, -0.25) is 4.57 Å². The van der Waals surface area contributed by atoms with Crippen molar-refractivity contribution in [3.05, 3.63) is 53.2 Å². The molecule has 6 nitrogen and oxygen atoms in total. The molecular formula is C16H12ClF5N6. The summed E-state index contributed by atoms with van der Waals surface area (Å²) in [5, 5.41) is 2.94. The second kappa shape index (κ2) is 7.58. The fourth-order valence-electron chi connectivity index (χ4n) is 2.36. The fraction of sp³-hybridized carbons (Fsp3) is 0.188. The lowest BCUT2D eigenvalue weighted by Gasteiger charge is -2.09. The number of aromatic nitrogens is 4. The number of halogens is 6. The molecule has 0 fully saturated rings. The standard InChI is InChI=1S/C16H12ClF5N6/c17-14-25-6-10(23)12(27-14)24-5-8-1-3-9(4-2-8)13-26-11(16(20,21)22)7-28(13)15(18)19/h1-4,6-7,15H,5,23H2,(H,24,25,27). The Bertz CT molecular complexity index is 971. The summed E-state index contributed by atoms with van der Waals surface area (Å²) in [6.45, 7) is -2.90. The largest absolute Gasteiger partial charge is 0.434 e. The monoisotopic (exact) mass is 418 g/mol. The molecule has 0 amide bonds. The van der Waals surface area contributed by atoms with Gasteiger partial charge in [0.25, 0.3) is 0 Å². The third-order valence-electron chi connectivity index (χ3n) is 3.69. The van der Waals surface area contributed by atoms with E-state index in [-0.39, 0.29) is 33.8 Å². The van der Waals surface area contributed by atoms with Crippen LogP contribution in [0.5, 0.6) is 0 Å². The number of rotatable bonds is 5. The van der Waals surface area contributed by atoms with Crippen LogP contribution in [0.1, 0.15) is 17.8 Å². The van der Waals surface area contributed by atoms with Crippen molar-refractivity contribution >= 4 is 23.1 Å². The van der Waals surface area contributed by atoms with E-state index < -0.39 is 24.2 Å². The number of nitrogens with one attached hydrogen (secondary N) is 1. The van der Waals surface area contributed by atoms with Gasteiger partial charge in [0, 0.05) is 18.3 Å². The summed E-state index contributed by atoms with van der Waals surface area (Å²) < 4.78 is 64.7. The minimum Gasteiger partial charge on any atom is -0.394 e. The molecule has 0 aliphatic heterocycles. The second-order valence-electron chi connectivity index (χ2n) is 5.63. The minimum absolute atomic E-state index is 0.00588. The molecule has 3 N–H and O–H groups in total. The van der Waals surface area contributed by atoms with Gasteiger partial charge in [0.1, 0.15) is 5.82 Å². The molecule has 2 aromatic heterocycles. The van der Waals surface area contributed by atoms with Crippen LogP contribution in [-0.4, -0.2) is 19.5 Å². The lowest BCUT2D eigenvalue weighted by molar-refractivity contribution is -0.141. The number of anilines is 2. The SMILES string of the molecule is Nc1cnc(Cl)nc1NCc1ccc(-c2nc(C(F)(F)F)cn2C(F)F)cc1. The minimum atomic E-state index is -4.82. The topological polar surface area (TPSA) is 81.7 Å². The molecule has 1 aromatic carbocycles. The zero-order valence-corrected chi connectivity index (χ0v) is 14.6. The molecular weight excluding hydrogens is 407 g/mol. The van der Waals surface area contributed by atoms with Crippen molar-refractivity contribution in [2.24, 2.45) is 0 Å². The summed E-state index contributed by atoms with van der Waals surface area (Å²) >= 11 is 5.69. The van der Waals surface area contributed by atoms with Crippen LogP contribution >= 0.6 is 11.6 Å². The Kier molecular flexibility index (Phi) is 5.36. The highest BCUT2D eigenvalue weighted by atomic mass is 35.5. The fourth-order valence-corrected chi connectivity index (χ4v) is 2.49. The molecule has 2 heterocycles. The summed E-state index contributed by atoms with van der Waals surface area (Å²) in [6.07, 6.45) is -3.20. The van der Waals surface area contributed by atoms with E-state index in [0.717, 1.165) is 0 Å². The lowest BCUT2D eigenvalue weighted by atomic mass is 10.1. The molecule has 0 saturated heterocycles. The first-order valence-corrected chi connectivity index (χ1v) is 8.08. The Labute approximate surface area is 160 Å². The van der Waals surface area contributed by atoms with E-state index in [2.05, 4.69) is 20.3 Å². The molecule has 12 heteroatoms. The van der Waals surface area contributed by atoms with Crippen molar-refractivity contribution in [2.75, 3.05) is 11.1 Å². The Hall–Kier alpha value is -2.95. The van der Waals surface area contributed by atoms with E-state index in [1.165, 1.54) is 18.3 Å². The van der Waals surface area contributed by atoms with Crippen LogP contribution in [-0.2, 0) is 12.7 Å². The van der Waals surface area contributed by atoms with Crippen molar-refractivity contribution in [3.63, 3.8) is 0 Å². The van der Waals surface area contributed by atoms with Gasteiger partial charge < -0.3 is 11.1 Å². The first-order valence-electron chi connectivity index (χ1n) is 7.70.